The van der Waals surface area contributed by atoms with Gasteiger partial charge in [0.15, 0.2) is 11.7 Å². The van der Waals surface area contributed by atoms with Crippen LogP contribution in [0.15, 0.2) is 64.1 Å². The molecular weight excluding hydrogens is 541 g/mol. The number of nitrogens with one attached hydrogen (secondary N) is 2. The largest absolute Gasteiger partial charge is 0.497 e. The first-order valence-corrected chi connectivity index (χ1v) is 11.5. The third kappa shape index (κ3) is 6.73. The van der Waals surface area contributed by atoms with E-state index in [4.69, 9.17) is 9.15 Å². The summed E-state index contributed by atoms with van der Waals surface area (Å²) < 4.78 is 11.4. The van der Waals surface area contributed by atoms with E-state index in [1.807, 2.05) is 18.2 Å². The van der Waals surface area contributed by atoms with Gasteiger partial charge in [-0.25, -0.2) is 4.98 Å². The van der Waals surface area contributed by atoms with Crippen LogP contribution in [0.3, 0.4) is 0 Å². The Morgan fingerprint density at radius 2 is 1.91 bits per heavy atom. The molecule has 8 heteroatoms. The number of ether oxygens (including phenoxy) is 1. The van der Waals surface area contributed by atoms with E-state index in [0.29, 0.717) is 12.4 Å². The molecule has 2 heterocycles. The monoisotopic (exact) mass is 575 g/mol. The maximum atomic E-state index is 5.93. The average molecular weight is 575 g/mol. The van der Waals surface area contributed by atoms with E-state index >= 15 is 0 Å². The first-order valence-electron chi connectivity index (χ1n) is 11.5. The molecule has 7 nitrogen and oxygen atoms in total. The van der Waals surface area contributed by atoms with Gasteiger partial charge >= 0.3 is 0 Å². The van der Waals surface area contributed by atoms with Gasteiger partial charge in [0.05, 0.1) is 25.9 Å². The fourth-order valence-electron chi connectivity index (χ4n) is 4.18. The number of aromatic nitrogens is 1. The van der Waals surface area contributed by atoms with Crippen molar-refractivity contribution in [2.24, 2.45) is 4.99 Å². The minimum absolute atomic E-state index is 0. The molecule has 1 aliphatic rings. The molecule has 0 amide bonds. The van der Waals surface area contributed by atoms with Gasteiger partial charge in [0.2, 0.25) is 5.89 Å². The number of benzene rings is 2. The zero-order valence-electron chi connectivity index (χ0n) is 20.1. The van der Waals surface area contributed by atoms with Gasteiger partial charge in [-0.2, -0.15) is 0 Å². The molecule has 1 unspecified atom stereocenters. The molecular formula is C26H34IN5O2. The molecule has 2 aromatic carbocycles. The molecule has 182 valence electrons. The van der Waals surface area contributed by atoms with Crippen LogP contribution >= 0.6 is 24.0 Å². The van der Waals surface area contributed by atoms with E-state index < -0.39 is 0 Å². The normalized spacial score (nSPS) is 15.0. The van der Waals surface area contributed by atoms with Crippen molar-refractivity contribution >= 4 is 29.9 Å². The molecule has 4 rings (SSSR count). The lowest BCUT2D eigenvalue weighted by atomic mass is 10.1. The van der Waals surface area contributed by atoms with Crippen LogP contribution in [-0.2, 0) is 6.54 Å². The average Bonchev–Trinajstić information content (AvgIpc) is 3.55. The van der Waals surface area contributed by atoms with Crippen LogP contribution in [0.2, 0.25) is 0 Å². The van der Waals surface area contributed by atoms with Gasteiger partial charge in [-0.05, 0) is 50.6 Å². The second kappa shape index (κ2) is 12.8. The summed E-state index contributed by atoms with van der Waals surface area (Å²) in [6.07, 6.45) is 4.24. The minimum atomic E-state index is 0. The topological polar surface area (TPSA) is 74.9 Å². The lowest BCUT2D eigenvalue weighted by molar-refractivity contribution is 0.245. The maximum absolute atomic E-state index is 5.93. The van der Waals surface area contributed by atoms with Gasteiger partial charge in [0, 0.05) is 19.2 Å². The molecule has 1 atom stereocenters. The second-order valence-corrected chi connectivity index (χ2v) is 8.33. The maximum Gasteiger partial charge on any atom is 0.214 e. The SMILES string of the molecule is CN=C(NCc1ncc(-c2ccc(C)cc2)o1)NCC(c1cccc(OC)c1)N1CCCC1.I. The van der Waals surface area contributed by atoms with Crippen LogP contribution in [0.25, 0.3) is 11.3 Å². The number of rotatable bonds is 8. The van der Waals surface area contributed by atoms with Crippen molar-refractivity contribution in [3.05, 3.63) is 71.7 Å². The summed E-state index contributed by atoms with van der Waals surface area (Å²) in [6, 6.07) is 16.8. The van der Waals surface area contributed by atoms with E-state index in [9.17, 15) is 0 Å². The molecule has 34 heavy (non-hydrogen) atoms. The van der Waals surface area contributed by atoms with Crippen LogP contribution in [0.1, 0.15) is 35.9 Å². The van der Waals surface area contributed by atoms with Gasteiger partial charge in [-0.1, -0.05) is 42.0 Å². The molecule has 1 aromatic heterocycles. The predicted octanol–water partition coefficient (Wildman–Crippen LogP) is 4.78. The molecule has 0 aliphatic carbocycles. The van der Waals surface area contributed by atoms with E-state index in [-0.39, 0.29) is 30.0 Å². The van der Waals surface area contributed by atoms with Crippen LogP contribution in [0.5, 0.6) is 5.75 Å². The van der Waals surface area contributed by atoms with Crippen molar-refractivity contribution in [3.63, 3.8) is 0 Å². The van der Waals surface area contributed by atoms with Crippen molar-refractivity contribution in [2.75, 3.05) is 33.8 Å². The number of halogens is 1. The number of likely N-dealkylation sites (tertiary alicyclic amines) is 1. The Hall–Kier alpha value is -2.59. The van der Waals surface area contributed by atoms with Gasteiger partial charge < -0.3 is 19.8 Å². The van der Waals surface area contributed by atoms with Crippen molar-refractivity contribution < 1.29 is 9.15 Å². The van der Waals surface area contributed by atoms with Crippen molar-refractivity contribution in [1.29, 1.82) is 0 Å². The van der Waals surface area contributed by atoms with Crippen molar-refractivity contribution in [1.82, 2.24) is 20.5 Å². The van der Waals surface area contributed by atoms with E-state index in [1.165, 1.54) is 24.0 Å². The molecule has 0 saturated carbocycles. The number of methoxy groups -OCH3 is 1. The van der Waals surface area contributed by atoms with Crippen LogP contribution in [0, 0.1) is 6.92 Å². The highest BCUT2D eigenvalue weighted by atomic mass is 127. The van der Waals surface area contributed by atoms with Gasteiger partial charge in [-0.3, -0.25) is 9.89 Å². The van der Waals surface area contributed by atoms with E-state index in [2.05, 4.69) is 62.8 Å². The zero-order valence-corrected chi connectivity index (χ0v) is 22.4. The Kier molecular flexibility index (Phi) is 9.76. The molecule has 3 aromatic rings. The van der Waals surface area contributed by atoms with Gasteiger partial charge in [0.25, 0.3) is 0 Å². The highest BCUT2D eigenvalue weighted by molar-refractivity contribution is 14.0. The molecule has 1 aliphatic heterocycles. The van der Waals surface area contributed by atoms with Crippen molar-refractivity contribution in [2.45, 2.75) is 32.4 Å². The molecule has 1 fully saturated rings. The van der Waals surface area contributed by atoms with Crippen LogP contribution in [0.4, 0.5) is 0 Å². The van der Waals surface area contributed by atoms with Crippen LogP contribution < -0.4 is 15.4 Å². The summed E-state index contributed by atoms with van der Waals surface area (Å²) in [5.41, 5.74) is 3.49. The zero-order chi connectivity index (χ0) is 23.0. The van der Waals surface area contributed by atoms with E-state index in [0.717, 1.165) is 42.7 Å². The number of oxazole rings is 1. The molecule has 2 N–H and O–H groups in total. The number of hydrogen-bond donors (Lipinski definition) is 2. The first kappa shape index (κ1) is 26.0. The minimum Gasteiger partial charge on any atom is -0.497 e. The number of guanidine groups is 1. The summed E-state index contributed by atoms with van der Waals surface area (Å²) in [4.78, 5) is 11.3. The fourth-order valence-corrected chi connectivity index (χ4v) is 4.18. The third-order valence-corrected chi connectivity index (χ3v) is 6.04. The smallest absolute Gasteiger partial charge is 0.214 e. The summed E-state index contributed by atoms with van der Waals surface area (Å²) in [7, 11) is 3.49. The summed E-state index contributed by atoms with van der Waals surface area (Å²) in [5.74, 6) is 2.99. The summed E-state index contributed by atoms with van der Waals surface area (Å²) in [6.45, 7) is 5.48. The molecule has 0 bridgehead atoms. The summed E-state index contributed by atoms with van der Waals surface area (Å²) >= 11 is 0. The lowest BCUT2D eigenvalue weighted by Crippen LogP contribution is -2.42. The highest BCUT2D eigenvalue weighted by Gasteiger charge is 2.24. The summed E-state index contributed by atoms with van der Waals surface area (Å²) in [5, 5.41) is 6.80. The number of nitrogens with zero attached hydrogens (tertiary/aromatic N) is 3. The number of hydrogen-bond acceptors (Lipinski definition) is 5. The number of aryl methyl sites for hydroxylation is 1. The fraction of sp³-hybridized carbons (Fsp3) is 0.385. The first-order chi connectivity index (χ1) is 16.2. The lowest BCUT2D eigenvalue weighted by Gasteiger charge is -2.29. The van der Waals surface area contributed by atoms with Gasteiger partial charge in [0.1, 0.15) is 5.75 Å². The standard InChI is InChI=1S/C26H33N5O2.HI/c1-19-9-11-20(12-10-19)24-17-28-25(33-24)18-30-26(27-2)29-16-23(31-13-4-5-14-31)21-7-6-8-22(15-21)32-3;/h6-12,15,17,23H,4-5,13-14,16,18H2,1-3H3,(H2,27,29,30);1H. The Labute approximate surface area is 219 Å². The quantitative estimate of drug-likeness (QED) is 0.229. The van der Waals surface area contributed by atoms with E-state index in [1.54, 1.807) is 20.4 Å². The third-order valence-electron chi connectivity index (χ3n) is 6.04. The van der Waals surface area contributed by atoms with Gasteiger partial charge in [-0.15, -0.1) is 24.0 Å². The van der Waals surface area contributed by atoms with Crippen LogP contribution in [-0.4, -0.2) is 49.6 Å². The second-order valence-electron chi connectivity index (χ2n) is 8.33. The Morgan fingerprint density at radius 1 is 1.15 bits per heavy atom. The molecule has 0 spiro atoms. The Bertz CT molecular complexity index is 1060. The number of aliphatic imine (C=N–C) groups is 1. The molecule has 1 saturated heterocycles. The highest BCUT2D eigenvalue weighted by Crippen LogP contribution is 2.27. The predicted molar refractivity (Wildman–Crippen MR) is 147 cm³/mol. The Morgan fingerprint density at radius 3 is 2.62 bits per heavy atom. The Balaban J connectivity index is 0.00000324. The van der Waals surface area contributed by atoms with Crippen molar-refractivity contribution in [3.8, 4) is 17.1 Å². The molecule has 0 radical (unpaired) electrons.